The van der Waals surface area contributed by atoms with Gasteiger partial charge in [0.25, 0.3) is 0 Å². The number of anilines is 1. The van der Waals surface area contributed by atoms with Crippen molar-refractivity contribution < 1.29 is 9.90 Å². The van der Waals surface area contributed by atoms with Crippen LogP contribution in [0.2, 0.25) is 0 Å². The van der Waals surface area contributed by atoms with Crippen LogP contribution in [-0.4, -0.2) is 23.8 Å². The average molecular weight is 262 g/mol. The minimum atomic E-state index is -0.194. The number of carbonyl (C=O) groups excluding carboxylic acids is 1. The minimum Gasteiger partial charge on any atom is -0.396 e. The highest BCUT2D eigenvalue weighted by atomic mass is 16.3. The van der Waals surface area contributed by atoms with Gasteiger partial charge in [0.05, 0.1) is 6.61 Å². The number of hydrogen-bond donors (Lipinski definition) is 3. The summed E-state index contributed by atoms with van der Waals surface area (Å²) in [5.74, 6) is 0. The van der Waals surface area contributed by atoms with Gasteiger partial charge >= 0.3 is 6.03 Å². The Labute approximate surface area is 114 Å². The van der Waals surface area contributed by atoms with Crippen LogP contribution >= 0.6 is 0 Å². The van der Waals surface area contributed by atoms with E-state index in [9.17, 15) is 9.90 Å². The molecule has 1 aromatic rings. The second-order valence-electron chi connectivity index (χ2n) is 5.67. The molecule has 0 aromatic heterocycles. The Hall–Kier alpha value is -1.55. The molecule has 2 rings (SSSR count). The molecule has 2 amide bonds. The summed E-state index contributed by atoms with van der Waals surface area (Å²) in [6.07, 6.45) is 2.93. The van der Waals surface area contributed by atoms with Crippen molar-refractivity contribution >= 4 is 11.7 Å². The van der Waals surface area contributed by atoms with Gasteiger partial charge in [-0.15, -0.1) is 0 Å². The van der Waals surface area contributed by atoms with Crippen molar-refractivity contribution in [3.8, 4) is 0 Å². The Morgan fingerprint density at radius 1 is 1.47 bits per heavy atom. The van der Waals surface area contributed by atoms with Crippen molar-refractivity contribution in [1.82, 2.24) is 5.32 Å². The molecular weight excluding hydrogens is 240 g/mol. The van der Waals surface area contributed by atoms with E-state index in [2.05, 4.69) is 10.6 Å². The number of hydrogen-bond acceptors (Lipinski definition) is 2. The number of carbonyl (C=O) groups is 1. The van der Waals surface area contributed by atoms with E-state index in [0.29, 0.717) is 0 Å². The van der Waals surface area contributed by atoms with Crippen molar-refractivity contribution in [1.29, 1.82) is 0 Å². The molecule has 19 heavy (non-hydrogen) atoms. The van der Waals surface area contributed by atoms with Gasteiger partial charge in [-0.3, -0.25) is 0 Å². The Morgan fingerprint density at radius 2 is 2.21 bits per heavy atom. The van der Waals surface area contributed by atoms with Crippen LogP contribution in [0.4, 0.5) is 10.5 Å². The van der Waals surface area contributed by atoms with Crippen LogP contribution in [0.15, 0.2) is 24.3 Å². The number of aryl methyl sites for hydroxylation is 1. The van der Waals surface area contributed by atoms with Gasteiger partial charge in [-0.05, 0) is 31.4 Å². The first-order valence-electron chi connectivity index (χ1n) is 6.79. The third kappa shape index (κ3) is 3.07. The lowest BCUT2D eigenvalue weighted by molar-refractivity contribution is 0.122. The fraction of sp³-hybridized carbons (Fsp3) is 0.533. The molecule has 0 radical (unpaired) electrons. The predicted octanol–water partition coefficient (Wildman–Crippen LogP) is 2.67. The van der Waals surface area contributed by atoms with Crippen molar-refractivity contribution in [2.24, 2.45) is 5.41 Å². The summed E-state index contributed by atoms with van der Waals surface area (Å²) < 4.78 is 0. The molecule has 1 fully saturated rings. The van der Waals surface area contributed by atoms with Crippen LogP contribution < -0.4 is 10.6 Å². The lowest BCUT2D eigenvalue weighted by atomic mass is 9.86. The summed E-state index contributed by atoms with van der Waals surface area (Å²) in [4.78, 5) is 12.0. The van der Waals surface area contributed by atoms with Crippen LogP contribution in [0.3, 0.4) is 0 Å². The zero-order valence-electron chi connectivity index (χ0n) is 11.6. The van der Waals surface area contributed by atoms with Crippen LogP contribution in [0.5, 0.6) is 0 Å². The fourth-order valence-corrected chi connectivity index (χ4v) is 2.70. The Bertz CT molecular complexity index is 461. The molecule has 1 aliphatic carbocycles. The van der Waals surface area contributed by atoms with Crippen LogP contribution in [0.1, 0.15) is 31.7 Å². The van der Waals surface area contributed by atoms with Gasteiger partial charge in [0.15, 0.2) is 0 Å². The first-order valence-corrected chi connectivity index (χ1v) is 6.79. The molecule has 2 unspecified atom stereocenters. The Morgan fingerprint density at radius 3 is 2.89 bits per heavy atom. The molecule has 104 valence electrons. The molecule has 0 saturated heterocycles. The highest BCUT2D eigenvalue weighted by Crippen LogP contribution is 2.37. The summed E-state index contributed by atoms with van der Waals surface area (Å²) in [6, 6.07) is 7.54. The molecule has 0 spiro atoms. The number of nitrogens with one attached hydrogen (secondary N) is 2. The lowest BCUT2D eigenvalue weighted by Gasteiger charge is -2.30. The average Bonchev–Trinajstić information content (AvgIpc) is 2.75. The smallest absolute Gasteiger partial charge is 0.319 e. The number of aliphatic hydroxyl groups is 1. The molecular formula is C15H22N2O2. The summed E-state index contributed by atoms with van der Waals surface area (Å²) in [5.41, 5.74) is 1.67. The van der Waals surface area contributed by atoms with Crippen molar-refractivity contribution in [3.63, 3.8) is 0 Å². The molecule has 0 aliphatic heterocycles. The largest absolute Gasteiger partial charge is 0.396 e. The van der Waals surface area contributed by atoms with E-state index in [1.807, 2.05) is 38.1 Å². The summed E-state index contributed by atoms with van der Waals surface area (Å²) >= 11 is 0. The first kappa shape index (κ1) is 13.9. The molecule has 2 atom stereocenters. The maximum absolute atomic E-state index is 12.0. The second kappa shape index (κ2) is 5.61. The highest BCUT2D eigenvalue weighted by Gasteiger charge is 2.39. The van der Waals surface area contributed by atoms with Gasteiger partial charge in [-0.25, -0.2) is 4.79 Å². The second-order valence-corrected chi connectivity index (χ2v) is 5.67. The normalized spacial score (nSPS) is 26.2. The third-order valence-corrected chi connectivity index (χ3v) is 4.14. The van der Waals surface area contributed by atoms with Crippen molar-refractivity contribution in [2.75, 3.05) is 11.9 Å². The van der Waals surface area contributed by atoms with E-state index in [1.54, 1.807) is 0 Å². The van der Waals surface area contributed by atoms with E-state index in [1.165, 1.54) is 0 Å². The number of aliphatic hydroxyl groups excluding tert-OH is 1. The number of rotatable bonds is 3. The van der Waals surface area contributed by atoms with E-state index in [0.717, 1.165) is 30.5 Å². The highest BCUT2D eigenvalue weighted by molar-refractivity contribution is 5.90. The van der Waals surface area contributed by atoms with E-state index >= 15 is 0 Å². The number of urea groups is 1. The zero-order chi connectivity index (χ0) is 13.9. The Kier molecular flexibility index (Phi) is 4.10. The molecule has 1 aliphatic rings. The molecule has 1 aromatic carbocycles. The standard InChI is InChI=1S/C15H22N2O2/c1-11-6-3-4-7-12(11)16-14(19)17-13-8-5-9-15(13,2)10-18/h3-4,6-7,13,18H,5,8-10H2,1-2H3,(H2,16,17,19). The SMILES string of the molecule is Cc1ccccc1NC(=O)NC1CCCC1(C)CO. The summed E-state index contributed by atoms with van der Waals surface area (Å²) in [5, 5.41) is 15.3. The summed E-state index contributed by atoms with van der Waals surface area (Å²) in [6.45, 7) is 4.10. The van der Waals surface area contributed by atoms with E-state index in [-0.39, 0.29) is 24.1 Å². The van der Waals surface area contributed by atoms with Crippen LogP contribution in [0, 0.1) is 12.3 Å². The third-order valence-electron chi connectivity index (χ3n) is 4.14. The molecule has 0 bridgehead atoms. The van der Waals surface area contributed by atoms with E-state index in [4.69, 9.17) is 0 Å². The summed E-state index contributed by atoms with van der Waals surface area (Å²) in [7, 11) is 0. The van der Waals surface area contributed by atoms with Crippen LogP contribution in [0.25, 0.3) is 0 Å². The van der Waals surface area contributed by atoms with E-state index < -0.39 is 0 Å². The predicted molar refractivity (Wildman–Crippen MR) is 76.2 cm³/mol. The minimum absolute atomic E-state index is 0.0431. The molecule has 4 heteroatoms. The first-order chi connectivity index (χ1) is 9.05. The van der Waals surface area contributed by atoms with Gasteiger partial charge in [0, 0.05) is 17.1 Å². The number of amides is 2. The van der Waals surface area contributed by atoms with Crippen molar-refractivity contribution in [2.45, 2.75) is 39.2 Å². The van der Waals surface area contributed by atoms with Crippen molar-refractivity contribution in [3.05, 3.63) is 29.8 Å². The molecule has 3 N–H and O–H groups in total. The molecule has 4 nitrogen and oxygen atoms in total. The molecule has 0 heterocycles. The topological polar surface area (TPSA) is 61.4 Å². The van der Waals surface area contributed by atoms with Crippen LogP contribution in [-0.2, 0) is 0 Å². The maximum atomic E-state index is 12.0. The van der Waals surface area contributed by atoms with Gasteiger partial charge in [-0.2, -0.15) is 0 Å². The number of benzene rings is 1. The lowest BCUT2D eigenvalue weighted by Crippen LogP contribution is -2.46. The van der Waals surface area contributed by atoms with Gasteiger partial charge in [0.2, 0.25) is 0 Å². The zero-order valence-corrected chi connectivity index (χ0v) is 11.6. The van der Waals surface area contributed by atoms with Gasteiger partial charge in [0.1, 0.15) is 0 Å². The monoisotopic (exact) mass is 262 g/mol. The maximum Gasteiger partial charge on any atom is 0.319 e. The fourth-order valence-electron chi connectivity index (χ4n) is 2.70. The quantitative estimate of drug-likeness (QED) is 0.784. The van der Waals surface area contributed by atoms with Gasteiger partial charge < -0.3 is 15.7 Å². The Balaban J connectivity index is 1.97. The number of para-hydroxylation sites is 1. The van der Waals surface area contributed by atoms with Gasteiger partial charge in [-0.1, -0.05) is 31.5 Å². The molecule has 1 saturated carbocycles.